The number of nitriles is 1. The number of nitrogens with zero attached hydrogens (tertiary/aromatic N) is 1. The molecule has 1 aromatic carbocycles. The standard InChI is InChI=1S/C19H24N2O3/c1-13(2)24-17-9-8-14(11-18(17)23-3)10-15(12-20)19(22)21-16-6-4-5-7-16/h8-11,13,16H,4-7H2,1-3H3,(H,21,22)/b15-10-. The Balaban J connectivity index is 2.17. The summed E-state index contributed by atoms with van der Waals surface area (Å²) in [5.74, 6) is 0.898. The Morgan fingerprint density at radius 1 is 1.33 bits per heavy atom. The van der Waals surface area contributed by atoms with Crippen molar-refractivity contribution in [3.8, 4) is 17.6 Å². The average molecular weight is 328 g/mol. The monoisotopic (exact) mass is 328 g/mol. The predicted molar refractivity (Wildman–Crippen MR) is 92.7 cm³/mol. The Morgan fingerprint density at radius 2 is 2.04 bits per heavy atom. The maximum absolute atomic E-state index is 12.2. The molecule has 1 aromatic rings. The summed E-state index contributed by atoms with van der Waals surface area (Å²) in [5.41, 5.74) is 0.822. The quantitative estimate of drug-likeness (QED) is 0.641. The normalized spacial score (nSPS) is 15.2. The second kappa shape index (κ2) is 8.39. The van der Waals surface area contributed by atoms with Gasteiger partial charge in [-0.25, -0.2) is 0 Å². The minimum Gasteiger partial charge on any atom is -0.493 e. The van der Waals surface area contributed by atoms with E-state index in [2.05, 4.69) is 5.32 Å². The van der Waals surface area contributed by atoms with Crippen LogP contribution in [-0.2, 0) is 4.79 Å². The van der Waals surface area contributed by atoms with Crippen LogP contribution in [0.2, 0.25) is 0 Å². The molecule has 5 heteroatoms. The highest BCUT2D eigenvalue weighted by Gasteiger charge is 2.19. The molecule has 2 rings (SSSR count). The minimum atomic E-state index is -0.314. The van der Waals surface area contributed by atoms with E-state index < -0.39 is 0 Å². The van der Waals surface area contributed by atoms with E-state index in [4.69, 9.17) is 9.47 Å². The van der Waals surface area contributed by atoms with Gasteiger partial charge in [0.1, 0.15) is 11.6 Å². The molecular formula is C19H24N2O3. The maximum atomic E-state index is 12.2. The third-order valence-corrected chi connectivity index (χ3v) is 3.92. The Labute approximate surface area is 143 Å². The number of carbonyl (C=O) groups is 1. The molecular weight excluding hydrogens is 304 g/mol. The average Bonchev–Trinajstić information content (AvgIpc) is 3.06. The van der Waals surface area contributed by atoms with Crippen LogP contribution < -0.4 is 14.8 Å². The van der Waals surface area contributed by atoms with Gasteiger partial charge in [-0.15, -0.1) is 0 Å². The van der Waals surface area contributed by atoms with E-state index in [1.54, 1.807) is 31.4 Å². The smallest absolute Gasteiger partial charge is 0.262 e. The summed E-state index contributed by atoms with van der Waals surface area (Å²) in [6.07, 6.45) is 5.84. The van der Waals surface area contributed by atoms with Gasteiger partial charge in [0.15, 0.2) is 11.5 Å². The van der Waals surface area contributed by atoms with Crippen molar-refractivity contribution >= 4 is 12.0 Å². The van der Waals surface area contributed by atoms with Gasteiger partial charge < -0.3 is 14.8 Å². The lowest BCUT2D eigenvalue weighted by Gasteiger charge is -2.14. The number of methoxy groups -OCH3 is 1. The Hall–Kier alpha value is -2.48. The molecule has 0 unspecified atom stereocenters. The summed E-state index contributed by atoms with van der Waals surface area (Å²) in [6, 6.07) is 7.53. The molecule has 1 fully saturated rings. The van der Waals surface area contributed by atoms with Crippen LogP contribution in [0.25, 0.3) is 6.08 Å². The zero-order valence-corrected chi connectivity index (χ0v) is 14.5. The second-order valence-electron chi connectivity index (χ2n) is 6.20. The molecule has 0 radical (unpaired) electrons. The van der Waals surface area contributed by atoms with Crippen LogP contribution in [0.15, 0.2) is 23.8 Å². The van der Waals surface area contributed by atoms with Gasteiger partial charge in [0, 0.05) is 6.04 Å². The minimum absolute atomic E-state index is 0.0344. The molecule has 1 N–H and O–H groups in total. The zero-order chi connectivity index (χ0) is 17.5. The van der Waals surface area contributed by atoms with E-state index in [1.165, 1.54) is 0 Å². The van der Waals surface area contributed by atoms with Gasteiger partial charge in [0.2, 0.25) is 0 Å². The maximum Gasteiger partial charge on any atom is 0.262 e. The van der Waals surface area contributed by atoms with Crippen LogP contribution in [0, 0.1) is 11.3 Å². The van der Waals surface area contributed by atoms with E-state index in [9.17, 15) is 10.1 Å². The number of carbonyl (C=O) groups excluding carboxylic acids is 1. The van der Waals surface area contributed by atoms with Crippen molar-refractivity contribution < 1.29 is 14.3 Å². The van der Waals surface area contributed by atoms with Crippen LogP contribution in [0.5, 0.6) is 11.5 Å². The summed E-state index contributed by atoms with van der Waals surface area (Å²) < 4.78 is 11.0. The van der Waals surface area contributed by atoms with Crippen LogP contribution in [0.1, 0.15) is 45.1 Å². The molecule has 128 valence electrons. The Kier molecular flexibility index (Phi) is 6.25. The van der Waals surface area contributed by atoms with E-state index in [0.717, 1.165) is 31.2 Å². The van der Waals surface area contributed by atoms with E-state index in [-0.39, 0.29) is 23.6 Å². The molecule has 1 aliphatic carbocycles. The van der Waals surface area contributed by atoms with Gasteiger partial charge in [0.25, 0.3) is 5.91 Å². The fourth-order valence-corrected chi connectivity index (χ4v) is 2.77. The Bertz CT molecular complexity index is 653. The third kappa shape index (κ3) is 4.76. The van der Waals surface area contributed by atoms with Crippen molar-refractivity contribution in [1.82, 2.24) is 5.32 Å². The van der Waals surface area contributed by atoms with E-state index >= 15 is 0 Å². The van der Waals surface area contributed by atoms with Crippen LogP contribution in [0.4, 0.5) is 0 Å². The number of rotatable bonds is 6. The second-order valence-corrected chi connectivity index (χ2v) is 6.20. The van der Waals surface area contributed by atoms with Crippen molar-refractivity contribution in [2.75, 3.05) is 7.11 Å². The molecule has 5 nitrogen and oxygen atoms in total. The fraction of sp³-hybridized carbons (Fsp3) is 0.474. The molecule has 0 saturated heterocycles. The van der Waals surface area contributed by atoms with Gasteiger partial charge >= 0.3 is 0 Å². The molecule has 0 aliphatic heterocycles. The van der Waals surface area contributed by atoms with Crippen molar-refractivity contribution in [3.05, 3.63) is 29.3 Å². The Morgan fingerprint density at radius 3 is 2.62 bits per heavy atom. The van der Waals surface area contributed by atoms with Gasteiger partial charge in [-0.2, -0.15) is 5.26 Å². The SMILES string of the molecule is COc1cc(/C=C(/C#N)C(=O)NC2CCCC2)ccc1OC(C)C. The molecule has 24 heavy (non-hydrogen) atoms. The summed E-state index contributed by atoms with van der Waals surface area (Å²) in [4.78, 5) is 12.2. The van der Waals surface area contributed by atoms with E-state index in [0.29, 0.717) is 11.5 Å². The number of hydrogen-bond acceptors (Lipinski definition) is 4. The molecule has 0 atom stereocenters. The largest absolute Gasteiger partial charge is 0.493 e. The first-order chi connectivity index (χ1) is 11.5. The number of amides is 1. The third-order valence-electron chi connectivity index (χ3n) is 3.92. The van der Waals surface area contributed by atoms with E-state index in [1.807, 2.05) is 19.9 Å². The first-order valence-electron chi connectivity index (χ1n) is 8.31. The fourth-order valence-electron chi connectivity index (χ4n) is 2.77. The zero-order valence-electron chi connectivity index (χ0n) is 14.5. The summed E-state index contributed by atoms with van der Waals surface area (Å²) in [6.45, 7) is 3.88. The summed E-state index contributed by atoms with van der Waals surface area (Å²) in [7, 11) is 1.56. The van der Waals surface area contributed by atoms with Gasteiger partial charge in [0.05, 0.1) is 13.2 Å². The molecule has 0 bridgehead atoms. The molecule has 0 spiro atoms. The molecule has 1 saturated carbocycles. The summed E-state index contributed by atoms with van der Waals surface area (Å²) >= 11 is 0. The van der Waals surface area contributed by atoms with Gasteiger partial charge in [-0.05, 0) is 50.5 Å². The van der Waals surface area contributed by atoms with Crippen molar-refractivity contribution in [2.24, 2.45) is 0 Å². The van der Waals surface area contributed by atoms with Gasteiger partial charge in [-0.3, -0.25) is 4.79 Å². The number of hydrogen-bond donors (Lipinski definition) is 1. The highest BCUT2D eigenvalue weighted by Crippen LogP contribution is 2.29. The molecule has 1 amide bonds. The van der Waals surface area contributed by atoms with Crippen LogP contribution >= 0.6 is 0 Å². The molecule has 1 aliphatic rings. The topological polar surface area (TPSA) is 71.3 Å². The molecule has 0 heterocycles. The predicted octanol–water partition coefficient (Wildman–Crippen LogP) is 3.45. The number of ether oxygens (including phenoxy) is 2. The van der Waals surface area contributed by atoms with Crippen molar-refractivity contribution in [3.63, 3.8) is 0 Å². The van der Waals surface area contributed by atoms with Gasteiger partial charge in [-0.1, -0.05) is 18.9 Å². The number of benzene rings is 1. The molecule has 0 aromatic heterocycles. The van der Waals surface area contributed by atoms with Crippen molar-refractivity contribution in [1.29, 1.82) is 5.26 Å². The lowest BCUT2D eigenvalue weighted by atomic mass is 10.1. The highest BCUT2D eigenvalue weighted by atomic mass is 16.5. The lowest BCUT2D eigenvalue weighted by molar-refractivity contribution is -0.117. The lowest BCUT2D eigenvalue weighted by Crippen LogP contribution is -2.33. The number of nitrogens with one attached hydrogen (secondary N) is 1. The summed E-state index contributed by atoms with van der Waals surface area (Å²) in [5, 5.41) is 12.2. The highest BCUT2D eigenvalue weighted by molar-refractivity contribution is 6.01. The first kappa shape index (κ1) is 17.9. The van der Waals surface area contributed by atoms with Crippen LogP contribution in [0.3, 0.4) is 0 Å². The van der Waals surface area contributed by atoms with Crippen LogP contribution in [-0.4, -0.2) is 25.2 Å². The first-order valence-corrected chi connectivity index (χ1v) is 8.31. The van der Waals surface area contributed by atoms with Crippen molar-refractivity contribution in [2.45, 2.75) is 51.7 Å².